The molecule has 1 aliphatic heterocycles. The summed E-state index contributed by atoms with van der Waals surface area (Å²) in [4.78, 5) is 17.0. The lowest BCUT2D eigenvalue weighted by molar-refractivity contribution is -0.116. The Morgan fingerprint density at radius 1 is 1.03 bits per heavy atom. The van der Waals surface area contributed by atoms with Crippen molar-refractivity contribution in [2.45, 2.75) is 19.9 Å². The summed E-state index contributed by atoms with van der Waals surface area (Å²) in [7, 11) is 0. The van der Waals surface area contributed by atoms with Crippen LogP contribution in [0.5, 0.6) is 11.5 Å². The van der Waals surface area contributed by atoms with Crippen molar-refractivity contribution in [1.82, 2.24) is 10.3 Å². The fourth-order valence-corrected chi connectivity index (χ4v) is 3.29. The molecule has 0 aliphatic carbocycles. The second kappa shape index (κ2) is 8.19. The largest absolute Gasteiger partial charge is 0.456 e. The smallest absolute Gasteiger partial charge is 0.251 e. The van der Waals surface area contributed by atoms with Crippen LogP contribution in [0, 0.1) is 0 Å². The number of amides is 1. The quantitative estimate of drug-likeness (QED) is 0.657. The van der Waals surface area contributed by atoms with E-state index in [2.05, 4.69) is 15.6 Å². The van der Waals surface area contributed by atoms with E-state index in [9.17, 15) is 4.79 Å². The van der Waals surface area contributed by atoms with Crippen molar-refractivity contribution in [1.29, 1.82) is 0 Å². The fourth-order valence-electron chi connectivity index (χ4n) is 3.29. The number of ether oxygens (including phenoxy) is 1. The van der Waals surface area contributed by atoms with Crippen LogP contribution in [0.1, 0.15) is 19.4 Å². The zero-order valence-electron chi connectivity index (χ0n) is 16.5. The molecule has 0 spiro atoms. The number of hydrogen-bond acceptors (Lipinski definition) is 4. The molecular weight excluding hydrogens is 362 g/mol. The molecule has 2 aromatic carbocycles. The first-order valence-corrected chi connectivity index (χ1v) is 9.68. The number of aromatic nitrogens is 1. The molecule has 1 aromatic heterocycles. The molecule has 1 aliphatic rings. The van der Waals surface area contributed by atoms with E-state index in [0.29, 0.717) is 17.9 Å². The van der Waals surface area contributed by atoms with Gasteiger partial charge in [-0.3, -0.25) is 9.78 Å². The fraction of sp³-hybridized carbons (Fsp3) is 0.167. The molecule has 3 aromatic rings. The van der Waals surface area contributed by atoms with Crippen LogP contribution in [0.25, 0.3) is 16.7 Å². The van der Waals surface area contributed by atoms with Gasteiger partial charge in [0.05, 0.1) is 6.20 Å². The Kier molecular flexibility index (Phi) is 5.29. The Morgan fingerprint density at radius 2 is 1.86 bits per heavy atom. The van der Waals surface area contributed by atoms with Gasteiger partial charge in [-0.1, -0.05) is 30.3 Å². The predicted octanol–water partition coefficient (Wildman–Crippen LogP) is 4.87. The first-order chi connectivity index (χ1) is 14.1. The van der Waals surface area contributed by atoms with Gasteiger partial charge in [0.1, 0.15) is 11.5 Å². The summed E-state index contributed by atoms with van der Waals surface area (Å²) in [5.41, 5.74) is 4.44. The van der Waals surface area contributed by atoms with Gasteiger partial charge in [0, 0.05) is 41.2 Å². The third-order valence-electron chi connectivity index (χ3n) is 4.60. The number of hydrogen-bond donors (Lipinski definition) is 2. The predicted molar refractivity (Wildman–Crippen MR) is 116 cm³/mol. The van der Waals surface area contributed by atoms with E-state index in [1.807, 2.05) is 74.5 Å². The first-order valence-electron chi connectivity index (χ1n) is 9.68. The highest BCUT2D eigenvalue weighted by Gasteiger charge is 2.20. The Hall–Kier alpha value is -3.60. The summed E-state index contributed by atoms with van der Waals surface area (Å²) in [6, 6.07) is 17.7. The van der Waals surface area contributed by atoms with Gasteiger partial charge in [-0.25, -0.2) is 0 Å². The highest BCUT2D eigenvalue weighted by Crippen LogP contribution is 2.33. The number of nitrogens with one attached hydrogen (secondary N) is 2. The average molecular weight is 385 g/mol. The van der Waals surface area contributed by atoms with Crippen LogP contribution in [-0.4, -0.2) is 23.5 Å². The van der Waals surface area contributed by atoms with E-state index in [1.165, 1.54) is 0 Å². The summed E-state index contributed by atoms with van der Waals surface area (Å²) in [5, 5.41) is 6.31. The Balaban J connectivity index is 1.65. The average Bonchev–Trinajstić information content (AvgIpc) is 2.73. The van der Waals surface area contributed by atoms with Gasteiger partial charge in [0.25, 0.3) is 5.91 Å². The van der Waals surface area contributed by atoms with Crippen molar-refractivity contribution in [2.75, 3.05) is 11.9 Å². The third kappa shape index (κ3) is 4.29. The molecule has 5 nitrogen and oxygen atoms in total. The maximum Gasteiger partial charge on any atom is 0.251 e. The lowest BCUT2D eigenvalue weighted by atomic mass is 9.95. The molecule has 0 saturated carbocycles. The Labute approximate surface area is 170 Å². The molecular formula is C24H23N3O2. The van der Waals surface area contributed by atoms with Gasteiger partial charge in [-0.05, 0) is 49.7 Å². The third-order valence-corrected chi connectivity index (χ3v) is 4.60. The van der Waals surface area contributed by atoms with Crippen molar-refractivity contribution < 1.29 is 9.53 Å². The minimum absolute atomic E-state index is 0.0563. The molecule has 0 radical (unpaired) electrons. The molecule has 0 unspecified atom stereocenters. The second-order valence-corrected chi connectivity index (χ2v) is 7.21. The van der Waals surface area contributed by atoms with Crippen LogP contribution < -0.4 is 15.4 Å². The number of fused-ring (bicyclic) bond motifs is 1. The molecule has 0 bridgehead atoms. The number of benzene rings is 2. The van der Waals surface area contributed by atoms with Gasteiger partial charge in [0.2, 0.25) is 0 Å². The zero-order valence-corrected chi connectivity index (χ0v) is 16.5. The normalized spacial score (nSPS) is 12.6. The van der Waals surface area contributed by atoms with Crippen LogP contribution in [0.3, 0.4) is 0 Å². The SMILES string of the molecule is CC(C)NC(=O)C1=CCNc2ccc(-c3cncc(Oc4ccccc4)c3)cc21. The first kappa shape index (κ1) is 18.7. The number of pyridine rings is 1. The van der Waals surface area contributed by atoms with Crippen LogP contribution in [0.2, 0.25) is 0 Å². The molecule has 0 fully saturated rings. The van der Waals surface area contributed by atoms with Crippen molar-refractivity contribution in [3.63, 3.8) is 0 Å². The number of carbonyl (C=O) groups excluding carboxylic acids is 1. The molecule has 0 atom stereocenters. The lowest BCUT2D eigenvalue weighted by Gasteiger charge is -2.21. The van der Waals surface area contributed by atoms with E-state index in [-0.39, 0.29) is 11.9 Å². The van der Waals surface area contributed by atoms with Crippen LogP contribution in [0.4, 0.5) is 5.69 Å². The topological polar surface area (TPSA) is 63.2 Å². The maximum absolute atomic E-state index is 12.6. The molecule has 2 N–H and O–H groups in total. The standard InChI is InChI=1S/C24H23N3O2/c1-16(2)27-24(28)21-10-11-26-23-9-8-17(13-22(21)23)18-12-20(15-25-14-18)29-19-6-4-3-5-7-19/h3-10,12-16,26H,11H2,1-2H3,(H,27,28). The molecule has 1 amide bonds. The maximum atomic E-state index is 12.6. The summed E-state index contributed by atoms with van der Waals surface area (Å²) >= 11 is 0. The van der Waals surface area contributed by atoms with E-state index >= 15 is 0 Å². The van der Waals surface area contributed by atoms with Crippen molar-refractivity contribution in [3.8, 4) is 22.6 Å². The molecule has 4 rings (SSSR count). The highest BCUT2D eigenvalue weighted by atomic mass is 16.5. The summed E-state index contributed by atoms with van der Waals surface area (Å²) in [5.74, 6) is 1.37. The number of carbonyl (C=O) groups is 1. The molecule has 29 heavy (non-hydrogen) atoms. The van der Waals surface area contributed by atoms with Crippen LogP contribution >= 0.6 is 0 Å². The number of para-hydroxylation sites is 1. The monoisotopic (exact) mass is 385 g/mol. The van der Waals surface area contributed by atoms with Gasteiger partial charge in [0.15, 0.2) is 0 Å². The molecule has 5 heteroatoms. The number of rotatable bonds is 5. The minimum atomic E-state index is -0.0563. The van der Waals surface area contributed by atoms with Crippen LogP contribution in [0.15, 0.2) is 73.1 Å². The van der Waals surface area contributed by atoms with Gasteiger partial charge >= 0.3 is 0 Å². The molecule has 0 saturated heterocycles. The van der Waals surface area contributed by atoms with E-state index < -0.39 is 0 Å². The van der Waals surface area contributed by atoms with E-state index in [4.69, 9.17) is 4.74 Å². The number of nitrogens with zero attached hydrogens (tertiary/aromatic N) is 1. The Morgan fingerprint density at radius 3 is 2.66 bits per heavy atom. The molecule has 2 heterocycles. The highest BCUT2D eigenvalue weighted by molar-refractivity contribution is 6.22. The van der Waals surface area contributed by atoms with Gasteiger partial charge in [-0.15, -0.1) is 0 Å². The van der Waals surface area contributed by atoms with Crippen molar-refractivity contribution in [3.05, 3.63) is 78.6 Å². The van der Waals surface area contributed by atoms with E-state index in [1.54, 1.807) is 12.4 Å². The van der Waals surface area contributed by atoms with Crippen molar-refractivity contribution >= 4 is 17.2 Å². The number of anilines is 1. The molecule has 146 valence electrons. The minimum Gasteiger partial charge on any atom is -0.456 e. The summed E-state index contributed by atoms with van der Waals surface area (Å²) < 4.78 is 5.91. The zero-order chi connectivity index (χ0) is 20.2. The van der Waals surface area contributed by atoms with Gasteiger partial charge < -0.3 is 15.4 Å². The van der Waals surface area contributed by atoms with Crippen LogP contribution in [-0.2, 0) is 4.79 Å². The Bertz CT molecular complexity index is 1060. The summed E-state index contributed by atoms with van der Waals surface area (Å²) in [6.07, 6.45) is 5.42. The van der Waals surface area contributed by atoms with Gasteiger partial charge in [-0.2, -0.15) is 0 Å². The second-order valence-electron chi connectivity index (χ2n) is 7.21. The lowest BCUT2D eigenvalue weighted by Crippen LogP contribution is -2.32. The summed E-state index contributed by atoms with van der Waals surface area (Å²) in [6.45, 7) is 4.55. The van der Waals surface area contributed by atoms with Crippen molar-refractivity contribution in [2.24, 2.45) is 0 Å². The van der Waals surface area contributed by atoms with E-state index in [0.717, 1.165) is 28.1 Å².